The molecule has 0 radical (unpaired) electrons. The van der Waals surface area contributed by atoms with E-state index in [0.29, 0.717) is 0 Å². The third kappa shape index (κ3) is 2.67. The molecule has 2 aliphatic heterocycles. The van der Waals surface area contributed by atoms with Crippen LogP contribution in [0.3, 0.4) is 0 Å². The summed E-state index contributed by atoms with van der Waals surface area (Å²) in [6.45, 7) is 0. The van der Waals surface area contributed by atoms with Crippen molar-refractivity contribution in [2.75, 3.05) is 0 Å². The minimum Gasteiger partial charge on any atom is -0.248 e. The number of hydrogen-bond acceptors (Lipinski definition) is 2. The summed E-state index contributed by atoms with van der Waals surface area (Å²) in [5, 5.41) is 7.26. The van der Waals surface area contributed by atoms with Crippen LogP contribution in [0.15, 0.2) is 131 Å². The Morgan fingerprint density at radius 3 is 1.81 bits per heavy atom. The second kappa shape index (κ2) is 7.34. The van der Waals surface area contributed by atoms with E-state index in [1.165, 1.54) is 54.6 Å². The number of benzene rings is 6. The van der Waals surface area contributed by atoms with Gasteiger partial charge in [-0.1, -0.05) is 97.1 Å². The molecule has 0 saturated heterocycles. The number of fused-ring (bicyclic) bond motifs is 9. The van der Waals surface area contributed by atoms with Crippen LogP contribution in [0.1, 0.15) is 0 Å². The van der Waals surface area contributed by atoms with E-state index in [1.54, 1.807) is 0 Å². The Labute approximate surface area is 207 Å². The minimum absolute atomic E-state index is 1.03. The van der Waals surface area contributed by atoms with Gasteiger partial charge in [-0.25, -0.2) is 9.98 Å². The number of rotatable bonds is 0. The van der Waals surface area contributed by atoms with Gasteiger partial charge in [-0.2, -0.15) is 0 Å². The highest BCUT2D eigenvalue weighted by molar-refractivity contribution is 6.15. The molecule has 9 rings (SSSR count). The lowest BCUT2D eigenvalue weighted by Gasteiger charge is -2.01. The summed E-state index contributed by atoms with van der Waals surface area (Å²) < 4.78 is 0. The van der Waals surface area contributed by atoms with Crippen LogP contribution in [-0.4, -0.2) is 0 Å². The van der Waals surface area contributed by atoms with Gasteiger partial charge in [-0.05, 0) is 57.3 Å². The molecule has 0 fully saturated rings. The maximum absolute atomic E-state index is 4.83. The average Bonchev–Trinajstić information content (AvgIpc) is 3.60. The summed E-state index contributed by atoms with van der Waals surface area (Å²) in [5.74, 6) is 0. The smallest absolute Gasteiger partial charge is 0.0817 e. The van der Waals surface area contributed by atoms with E-state index in [0.717, 1.165) is 22.1 Å². The second-order valence-electron chi connectivity index (χ2n) is 9.37. The zero-order chi connectivity index (χ0) is 23.6. The SMILES string of the molecule is c1ccc2c(c1)-c1cccc3cccc-2c13.c1ccc2c(c1)N=c1ccc3c(c1-2)N=c1ccccc1=3. The second-order valence-corrected chi connectivity index (χ2v) is 9.37. The summed E-state index contributed by atoms with van der Waals surface area (Å²) >= 11 is 0. The molecular formula is C34H20N2. The van der Waals surface area contributed by atoms with Gasteiger partial charge in [0.2, 0.25) is 0 Å². The summed E-state index contributed by atoms with van der Waals surface area (Å²) in [5.41, 5.74) is 9.97. The molecule has 2 heterocycles. The van der Waals surface area contributed by atoms with Crippen LogP contribution in [0.4, 0.5) is 11.4 Å². The summed E-state index contributed by atoms with van der Waals surface area (Å²) in [6, 6.07) is 42.6. The molecule has 0 saturated carbocycles. The molecule has 0 amide bonds. The van der Waals surface area contributed by atoms with Crippen LogP contribution in [-0.2, 0) is 0 Å². The molecule has 0 atom stereocenters. The first-order valence-corrected chi connectivity index (χ1v) is 12.3. The van der Waals surface area contributed by atoms with Gasteiger partial charge in [0.1, 0.15) is 0 Å². The Morgan fingerprint density at radius 2 is 1.03 bits per heavy atom. The van der Waals surface area contributed by atoms with Crippen molar-refractivity contribution in [3.05, 3.63) is 142 Å². The van der Waals surface area contributed by atoms with Crippen molar-refractivity contribution >= 4 is 22.1 Å². The summed E-state index contributed by atoms with van der Waals surface area (Å²) in [4.78, 5) is 9.52. The molecule has 2 nitrogen and oxygen atoms in total. The fourth-order valence-corrected chi connectivity index (χ4v) is 5.85. The maximum atomic E-state index is 4.83. The van der Waals surface area contributed by atoms with Crippen LogP contribution in [0.5, 0.6) is 0 Å². The van der Waals surface area contributed by atoms with Crippen LogP contribution in [0.2, 0.25) is 0 Å². The largest absolute Gasteiger partial charge is 0.248 e. The Morgan fingerprint density at radius 1 is 0.389 bits per heavy atom. The third-order valence-corrected chi connectivity index (χ3v) is 7.41. The van der Waals surface area contributed by atoms with Crippen molar-refractivity contribution in [1.29, 1.82) is 0 Å². The van der Waals surface area contributed by atoms with Crippen molar-refractivity contribution in [1.82, 2.24) is 0 Å². The van der Waals surface area contributed by atoms with Crippen molar-refractivity contribution in [2.45, 2.75) is 0 Å². The van der Waals surface area contributed by atoms with Gasteiger partial charge < -0.3 is 0 Å². The highest BCUT2D eigenvalue weighted by Gasteiger charge is 2.20. The van der Waals surface area contributed by atoms with E-state index in [2.05, 4.69) is 109 Å². The standard InChI is InChI=1S/C18H10N2.C16H10/c1-3-7-14-11(5-1)12-9-10-16-17(18(12)20-14)13-6-2-4-8-15(13)19-16;1-2-8-13-12(7-1)14-9-3-5-11-6-4-10-15(13)16(11)14/h1-10H;1-10H. The molecule has 0 spiro atoms. The van der Waals surface area contributed by atoms with Crippen LogP contribution < -0.4 is 10.7 Å². The molecule has 166 valence electrons. The van der Waals surface area contributed by atoms with Gasteiger partial charge >= 0.3 is 0 Å². The Kier molecular flexibility index (Phi) is 3.97. The van der Waals surface area contributed by atoms with E-state index < -0.39 is 0 Å². The molecule has 3 aliphatic rings. The average molecular weight is 457 g/mol. The first-order chi connectivity index (χ1) is 17.9. The predicted molar refractivity (Wildman–Crippen MR) is 146 cm³/mol. The molecule has 6 aromatic carbocycles. The van der Waals surface area contributed by atoms with E-state index in [1.807, 2.05) is 12.1 Å². The molecule has 0 aromatic heterocycles. The van der Waals surface area contributed by atoms with Gasteiger partial charge in [0, 0.05) is 21.6 Å². The maximum Gasteiger partial charge on any atom is 0.0817 e. The van der Waals surface area contributed by atoms with Gasteiger partial charge in [0.05, 0.1) is 22.1 Å². The Hall–Kier alpha value is -4.82. The van der Waals surface area contributed by atoms with Crippen LogP contribution >= 0.6 is 0 Å². The van der Waals surface area contributed by atoms with Gasteiger partial charge in [-0.3, -0.25) is 0 Å². The third-order valence-electron chi connectivity index (χ3n) is 7.41. The van der Waals surface area contributed by atoms with Gasteiger partial charge in [0.25, 0.3) is 0 Å². The highest BCUT2D eigenvalue weighted by Crippen LogP contribution is 2.46. The summed E-state index contributed by atoms with van der Waals surface area (Å²) in [6.07, 6.45) is 0. The lowest BCUT2D eigenvalue weighted by molar-refractivity contribution is 1.36. The molecule has 2 heteroatoms. The van der Waals surface area contributed by atoms with E-state index in [-0.39, 0.29) is 0 Å². The molecule has 0 unspecified atom stereocenters. The van der Waals surface area contributed by atoms with E-state index in [9.17, 15) is 0 Å². The van der Waals surface area contributed by atoms with Crippen LogP contribution in [0.25, 0.3) is 44.2 Å². The molecule has 36 heavy (non-hydrogen) atoms. The molecule has 0 bridgehead atoms. The zero-order valence-electron chi connectivity index (χ0n) is 19.4. The van der Waals surface area contributed by atoms with Crippen molar-refractivity contribution in [3.63, 3.8) is 0 Å². The first-order valence-electron chi connectivity index (χ1n) is 12.3. The van der Waals surface area contributed by atoms with E-state index in [4.69, 9.17) is 9.98 Å². The molecule has 1 aliphatic carbocycles. The van der Waals surface area contributed by atoms with Crippen LogP contribution in [0, 0.1) is 10.4 Å². The zero-order valence-corrected chi connectivity index (χ0v) is 19.4. The topological polar surface area (TPSA) is 24.7 Å². The quantitative estimate of drug-likeness (QED) is 0.224. The normalized spacial score (nSPS) is 12.3. The van der Waals surface area contributed by atoms with Crippen molar-refractivity contribution in [2.24, 2.45) is 9.98 Å². The number of nitrogens with zero attached hydrogens (tertiary/aromatic N) is 2. The fourth-order valence-electron chi connectivity index (χ4n) is 5.85. The van der Waals surface area contributed by atoms with Gasteiger partial charge in [0.15, 0.2) is 0 Å². The first kappa shape index (κ1) is 19.5. The Bertz CT molecular complexity index is 2050. The molecule has 0 N–H and O–H groups in total. The molecule has 6 aromatic rings. The predicted octanol–water partition coefficient (Wildman–Crippen LogP) is 7.66. The van der Waals surface area contributed by atoms with Crippen molar-refractivity contribution in [3.8, 4) is 33.4 Å². The monoisotopic (exact) mass is 456 g/mol. The minimum atomic E-state index is 1.03. The number of para-hydroxylation sites is 2. The molecular weight excluding hydrogens is 436 g/mol. The van der Waals surface area contributed by atoms with E-state index >= 15 is 0 Å². The lowest BCUT2D eigenvalue weighted by Crippen LogP contribution is -2.00. The lowest BCUT2D eigenvalue weighted by atomic mass is 10.0. The number of hydrogen-bond donors (Lipinski definition) is 0. The van der Waals surface area contributed by atoms with Gasteiger partial charge in [-0.15, -0.1) is 0 Å². The Balaban J connectivity index is 0.000000117. The highest BCUT2D eigenvalue weighted by atomic mass is 14.8. The van der Waals surface area contributed by atoms with Crippen molar-refractivity contribution < 1.29 is 0 Å². The fraction of sp³-hybridized carbons (Fsp3) is 0. The summed E-state index contributed by atoms with van der Waals surface area (Å²) in [7, 11) is 0.